The summed E-state index contributed by atoms with van der Waals surface area (Å²) in [5.74, 6) is -0.0972. The van der Waals surface area contributed by atoms with Crippen molar-refractivity contribution < 1.29 is 76.6 Å². The number of likely N-dealkylation sites (N-methyl/N-ethyl adjacent to an activating group) is 1. The fourth-order valence-corrected chi connectivity index (χ4v) is 6.95. The second-order valence-corrected chi connectivity index (χ2v) is 14.2. The Morgan fingerprint density at radius 1 is 0.423 bits per heavy atom. The first-order valence-corrected chi connectivity index (χ1v) is 18.4. The Bertz CT molecular complexity index is 811. The van der Waals surface area contributed by atoms with Crippen LogP contribution in [0.3, 0.4) is 0 Å². The smallest absolute Gasteiger partial charge is 0.0989 e. The summed E-state index contributed by atoms with van der Waals surface area (Å²) in [4.78, 5) is 1.75. The van der Waals surface area contributed by atoms with Crippen LogP contribution in [0.1, 0.15) is 52.9 Å². The Balaban J connectivity index is 0.000000326. The molecule has 0 aromatic carbocycles. The number of nitrogens with one attached hydrogen (secondary N) is 3. The second-order valence-electron chi connectivity index (χ2n) is 14.2. The first-order valence-electron chi connectivity index (χ1n) is 18.4. The van der Waals surface area contributed by atoms with Gasteiger partial charge in [-0.05, 0) is 39.2 Å². The summed E-state index contributed by atoms with van der Waals surface area (Å²) in [6, 6.07) is -1.64. The van der Waals surface area contributed by atoms with Gasteiger partial charge in [-0.25, -0.2) is 0 Å². The molecule has 312 valence electrons. The minimum atomic E-state index is -0.829. The van der Waals surface area contributed by atoms with Gasteiger partial charge in [0.05, 0.1) is 112 Å². The van der Waals surface area contributed by atoms with Crippen molar-refractivity contribution in [3.05, 3.63) is 0 Å². The zero-order chi connectivity index (χ0) is 39.9. The van der Waals surface area contributed by atoms with Crippen LogP contribution in [0.4, 0.5) is 0 Å². The molecule has 5 rings (SSSR count). The third-order valence-electron chi connectivity index (χ3n) is 10.7. The molecule has 4 aliphatic heterocycles. The van der Waals surface area contributed by atoms with Crippen LogP contribution in [0.2, 0.25) is 0 Å². The van der Waals surface area contributed by atoms with E-state index in [9.17, 15) is 35.7 Å². The molecule has 0 spiro atoms. The fourth-order valence-electron chi connectivity index (χ4n) is 6.95. The number of hydrogen-bond donors (Lipinski definition) is 18. The van der Waals surface area contributed by atoms with Gasteiger partial charge >= 0.3 is 0 Å². The van der Waals surface area contributed by atoms with Gasteiger partial charge in [-0.2, -0.15) is 0 Å². The summed E-state index contributed by atoms with van der Waals surface area (Å²) in [7, 11) is 1.76. The van der Waals surface area contributed by atoms with Crippen LogP contribution in [0.15, 0.2) is 0 Å². The molecule has 4 heterocycles. The Labute approximate surface area is 306 Å². The molecule has 19 heteroatoms. The van der Waals surface area contributed by atoms with E-state index in [1.54, 1.807) is 11.9 Å². The molecule has 52 heavy (non-hydrogen) atoms. The highest BCUT2D eigenvalue weighted by molar-refractivity contribution is 4.99. The average Bonchev–Trinajstić information content (AvgIpc) is 3.88. The lowest BCUT2D eigenvalue weighted by atomic mass is 10.1. The molecule has 18 atom stereocenters. The maximum atomic E-state index is 9.34. The lowest BCUT2D eigenvalue weighted by molar-refractivity contribution is 0.00681. The summed E-state index contributed by atoms with van der Waals surface area (Å²) < 4.78 is 0. The SMILES string of the molecule is CC[C@@H]1N[C@@H](CO)[C@H](O)[C@H]1O.CC[C@@H]1N[C@@H](CO)[C@H](O)[C@H]1O.CC[C@H]1N[C@@H](CO)[C@H](O)[C@H]1O.CN1C[C@H](O)[C@@H](O)[C@@H]1CO.OC[C@@H]1CC[C@H](O)[C@H]1O. The first kappa shape index (κ1) is 49.3. The third kappa shape index (κ3) is 13.5. The molecule has 4 saturated heterocycles. The number of aliphatic hydroxyl groups is 15. The number of aliphatic hydroxyl groups excluding tert-OH is 15. The normalized spacial score (nSPS) is 44.1. The van der Waals surface area contributed by atoms with E-state index in [0.29, 0.717) is 13.0 Å². The van der Waals surface area contributed by atoms with Gasteiger partial charge in [-0.1, -0.05) is 20.8 Å². The van der Waals surface area contributed by atoms with Gasteiger partial charge in [-0.15, -0.1) is 0 Å². The van der Waals surface area contributed by atoms with E-state index in [0.717, 1.165) is 25.7 Å². The van der Waals surface area contributed by atoms with Crippen molar-refractivity contribution in [3.8, 4) is 0 Å². The van der Waals surface area contributed by atoms with E-state index in [2.05, 4.69) is 16.0 Å². The largest absolute Gasteiger partial charge is 0.396 e. The monoisotopic (exact) mass is 762 g/mol. The van der Waals surface area contributed by atoms with Gasteiger partial charge in [0.1, 0.15) is 0 Å². The van der Waals surface area contributed by atoms with E-state index >= 15 is 0 Å². The molecule has 0 unspecified atom stereocenters. The predicted octanol–water partition coefficient (Wildman–Crippen LogP) is -7.52. The molecule has 5 fully saturated rings. The van der Waals surface area contributed by atoms with Crippen LogP contribution in [0.5, 0.6) is 0 Å². The maximum absolute atomic E-state index is 9.34. The Kier molecular flexibility index (Phi) is 23.4. The van der Waals surface area contributed by atoms with Crippen molar-refractivity contribution in [2.75, 3.05) is 46.6 Å². The molecule has 19 nitrogen and oxygen atoms in total. The molecule has 18 N–H and O–H groups in total. The quantitative estimate of drug-likeness (QED) is 0.109. The number of likely N-dealkylation sites (tertiary alicyclic amines) is 1. The van der Waals surface area contributed by atoms with Gasteiger partial charge < -0.3 is 92.5 Å². The number of β-amino-alcohol motifs (C(OH)–C–C–N with tert-alkyl or cyclic N) is 1. The van der Waals surface area contributed by atoms with Crippen molar-refractivity contribution in [2.45, 2.75) is 156 Å². The van der Waals surface area contributed by atoms with E-state index in [1.165, 1.54) is 0 Å². The van der Waals surface area contributed by atoms with Crippen molar-refractivity contribution in [2.24, 2.45) is 5.92 Å². The Morgan fingerprint density at radius 3 is 0.904 bits per heavy atom. The van der Waals surface area contributed by atoms with Gasteiger partial charge in [0.15, 0.2) is 0 Å². The van der Waals surface area contributed by atoms with Crippen LogP contribution < -0.4 is 16.0 Å². The zero-order valence-corrected chi connectivity index (χ0v) is 30.8. The number of nitrogens with zero attached hydrogens (tertiary/aromatic N) is 1. The minimum absolute atomic E-state index is 0.0156. The second kappa shape index (κ2) is 24.7. The van der Waals surface area contributed by atoms with Crippen LogP contribution in [-0.4, -0.2) is 231 Å². The van der Waals surface area contributed by atoms with Gasteiger partial charge in [0, 0.05) is 37.2 Å². The summed E-state index contributed by atoms with van der Waals surface area (Å²) in [6.45, 7) is 5.70. The lowest BCUT2D eigenvalue weighted by Crippen LogP contribution is -2.36. The minimum Gasteiger partial charge on any atom is -0.396 e. The summed E-state index contributed by atoms with van der Waals surface area (Å²) in [5, 5.41) is 144. The molecule has 1 saturated carbocycles. The van der Waals surface area contributed by atoms with Crippen molar-refractivity contribution in [1.29, 1.82) is 0 Å². The van der Waals surface area contributed by atoms with Crippen molar-refractivity contribution >= 4 is 0 Å². The van der Waals surface area contributed by atoms with Crippen molar-refractivity contribution in [3.63, 3.8) is 0 Å². The van der Waals surface area contributed by atoms with E-state index in [1.807, 2.05) is 20.8 Å². The topological polar surface area (TPSA) is 343 Å². The molecule has 0 radical (unpaired) electrons. The number of rotatable bonds is 8. The van der Waals surface area contributed by atoms with Crippen molar-refractivity contribution in [1.82, 2.24) is 20.9 Å². The van der Waals surface area contributed by atoms with Gasteiger partial charge in [-0.3, -0.25) is 4.90 Å². The van der Waals surface area contributed by atoms with Crippen LogP contribution in [-0.2, 0) is 0 Å². The molecule has 5 aliphatic rings. The molecule has 0 amide bonds. The summed E-state index contributed by atoms with van der Waals surface area (Å²) in [5.41, 5.74) is 0. The lowest BCUT2D eigenvalue weighted by Gasteiger charge is -2.18. The molecular weight excluding hydrogens is 692 g/mol. The molecule has 0 aromatic rings. The Hall–Kier alpha value is -0.760. The highest BCUT2D eigenvalue weighted by atomic mass is 16.4. The maximum Gasteiger partial charge on any atom is 0.0989 e. The van der Waals surface area contributed by atoms with E-state index in [4.69, 9.17) is 40.9 Å². The molecular formula is C33H70N4O15. The summed E-state index contributed by atoms with van der Waals surface area (Å²) in [6.07, 6.45) is -3.88. The molecule has 0 bridgehead atoms. The zero-order valence-electron chi connectivity index (χ0n) is 30.8. The standard InChI is InChI=1S/3C7H15NO3.C6H13NO3.C6H12O3/c3*1-2-4-6(10)7(11)5(3-9)8-4;1-7-2-5(9)6(10)4(7)3-8;7-3-4-1-2-5(8)6(4)9/h3*4-11H,2-3H2,1H3;4-6,8-10H,2-3H2,1H3;4-9H,1-3H2/t4-,5+,6+,7+;2*4-,5-,6-,7-;2*4-,5-,6-/m10000/s1. The van der Waals surface area contributed by atoms with Gasteiger partial charge in [0.2, 0.25) is 0 Å². The fraction of sp³-hybridized carbons (Fsp3) is 1.00. The van der Waals surface area contributed by atoms with Crippen LogP contribution >= 0.6 is 0 Å². The van der Waals surface area contributed by atoms with Crippen LogP contribution in [0.25, 0.3) is 0 Å². The summed E-state index contributed by atoms with van der Waals surface area (Å²) >= 11 is 0. The predicted molar refractivity (Wildman–Crippen MR) is 188 cm³/mol. The van der Waals surface area contributed by atoms with E-state index < -0.39 is 61.0 Å². The highest BCUT2D eigenvalue weighted by Gasteiger charge is 2.41. The number of hydrogen-bond acceptors (Lipinski definition) is 19. The van der Waals surface area contributed by atoms with Gasteiger partial charge in [0.25, 0.3) is 0 Å². The van der Waals surface area contributed by atoms with E-state index in [-0.39, 0.29) is 81.2 Å². The third-order valence-corrected chi connectivity index (χ3v) is 10.7. The molecule has 1 aliphatic carbocycles. The highest BCUT2D eigenvalue weighted by Crippen LogP contribution is 2.25. The average molecular weight is 763 g/mol. The van der Waals surface area contributed by atoms with Crippen LogP contribution in [0, 0.1) is 5.92 Å². The first-order chi connectivity index (χ1) is 24.5. The molecule has 0 aromatic heterocycles. The Morgan fingerprint density at radius 2 is 0.769 bits per heavy atom.